The first-order chi connectivity index (χ1) is 16.9. The van der Waals surface area contributed by atoms with E-state index in [2.05, 4.69) is 48.3 Å². The normalized spacial score (nSPS) is 22.8. The second-order valence-electron chi connectivity index (χ2n) is 9.43. The highest BCUT2D eigenvalue weighted by molar-refractivity contribution is 6.01. The Labute approximate surface area is 207 Å². The van der Waals surface area contributed by atoms with Gasteiger partial charge in [0.25, 0.3) is 0 Å². The van der Waals surface area contributed by atoms with Crippen LogP contribution in [0.15, 0.2) is 42.5 Å². The molecule has 188 valence electrons. The molecular weight excluding hydrogens is 446 g/mol. The quantitative estimate of drug-likeness (QED) is 0.625. The van der Waals surface area contributed by atoms with Gasteiger partial charge in [0.1, 0.15) is 11.5 Å². The topological polar surface area (TPSA) is 80.3 Å². The van der Waals surface area contributed by atoms with Crippen molar-refractivity contribution in [2.45, 2.75) is 45.6 Å². The van der Waals surface area contributed by atoms with E-state index in [1.165, 1.54) is 5.56 Å². The molecule has 0 bridgehead atoms. The van der Waals surface area contributed by atoms with Crippen molar-refractivity contribution in [1.82, 2.24) is 10.2 Å². The summed E-state index contributed by atoms with van der Waals surface area (Å²) in [7, 11) is 3.13. The van der Waals surface area contributed by atoms with Gasteiger partial charge >= 0.3 is 0 Å². The number of ether oxygens (including phenoxy) is 3. The number of anilines is 1. The second kappa shape index (κ2) is 11.1. The van der Waals surface area contributed by atoms with Crippen LogP contribution in [0.25, 0.3) is 0 Å². The van der Waals surface area contributed by atoms with Gasteiger partial charge in [0.15, 0.2) is 0 Å². The van der Waals surface area contributed by atoms with Crippen LogP contribution in [0.5, 0.6) is 11.5 Å². The number of nitrogens with zero attached hydrogens (tertiary/aromatic N) is 2. The molecule has 0 saturated carbocycles. The maximum absolute atomic E-state index is 12.8. The molecule has 8 nitrogen and oxygen atoms in total. The number of hydrogen-bond donors (Lipinski definition) is 1. The van der Waals surface area contributed by atoms with Crippen LogP contribution >= 0.6 is 0 Å². The van der Waals surface area contributed by atoms with Gasteiger partial charge in [0.2, 0.25) is 11.8 Å². The van der Waals surface area contributed by atoms with Crippen molar-refractivity contribution in [3.63, 3.8) is 0 Å². The first-order valence-electron chi connectivity index (χ1n) is 12.1. The van der Waals surface area contributed by atoms with E-state index < -0.39 is 5.92 Å². The highest BCUT2D eigenvalue weighted by atomic mass is 16.5. The van der Waals surface area contributed by atoms with Crippen LogP contribution in [0.1, 0.15) is 31.4 Å². The van der Waals surface area contributed by atoms with Crippen molar-refractivity contribution >= 4 is 17.5 Å². The predicted molar refractivity (Wildman–Crippen MR) is 134 cm³/mol. The maximum atomic E-state index is 12.8. The first kappa shape index (κ1) is 25.0. The zero-order valence-corrected chi connectivity index (χ0v) is 21.0. The molecule has 8 heteroatoms. The average molecular weight is 482 g/mol. The fourth-order valence-corrected chi connectivity index (χ4v) is 4.89. The van der Waals surface area contributed by atoms with E-state index in [1.54, 1.807) is 37.3 Å². The van der Waals surface area contributed by atoms with Crippen LogP contribution in [0, 0.1) is 5.92 Å². The van der Waals surface area contributed by atoms with Gasteiger partial charge in [-0.3, -0.25) is 14.5 Å². The Kier molecular flexibility index (Phi) is 7.93. The Bertz CT molecular complexity index is 1030. The number of rotatable bonds is 8. The minimum atomic E-state index is -0.414. The van der Waals surface area contributed by atoms with Gasteiger partial charge < -0.3 is 24.4 Å². The third kappa shape index (κ3) is 6.13. The summed E-state index contributed by atoms with van der Waals surface area (Å²) in [4.78, 5) is 29.6. The number of morpholine rings is 1. The summed E-state index contributed by atoms with van der Waals surface area (Å²) in [5, 5.41) is 3.00. The highest BCUT2D eigenvalue weighted by Crippen LogP contribution is 2.36. The Morgan fingerprint density at radius 3 is 2.34 bits per heavy atom. The molecule has 0 aliphatic carbocycles. The van der Waals surface area contributed by atoms with Gasteiger partial charge in [-0.1, -0.05) is 24.3 Å². The summed E-state index contributed by atoms with van der Waals surface area (Å²) in [6.07, 6.45) is 0.662. The number of carbonyl (C=O) groups is 2. The van der Waals surface area contributed by atoms with E-state index in [4.69, 9.17) is 14.2 Å². The van der Waals surface area contributed by atoms with Gasteiger partial charge in [-0.15, -0.1) is 0 Å². The third-order valence-corrected chi connectivity index (χ3v) is 6.56. The van der Waals surface area contributed by atoms with Crippen LogP contribution in [0.2, 0.25) is 0 Å². The number of carbonyl (C=O) groups excluding carboxylic acids is 2. The monoisotopic (exact) mass is 481 g/mol. The molecule has 2 aromatic carbocycles. The summed E-state index contributed by atoms with van der Waals surface area (Å²) in [5.41, 5.74) is 2.89. The smallest absolute Gasteiger partial charge is 0.227 e. The molecule has 2 fully saturated rings. The first-order valence-corrected chi connectivity index (χ1v) is 12.1. The minimum Gasteiger partial charge on any atom is -0.497 e. The molecule has 3 unspecified atom stereocenters. The van der Waals surface area contributed by atoms with E-state index in [9.17, 15) is 9.59 Å². The third-order valence-electron chi connectivity index (χ3n) is 6.56. The summed E-state index contributed by atoms with van der Waals surface area (Å²) in [6.45, 7) is 7.71. The molecule has 2 aliphatic heterocycles. The molecule has 2 aliphatic rings. The summed E-state index contributed by atoms with van der Waals surface area (Å²) in [5.74, 6) is 0.558. The molecular formula is C27H35N3O5. The predicted octanol–water partition coefficient (Wildman–Crippen LogP) is 2.98. The molecule has 0 aromatic heterocycles. The summed E-state index contributed by atoms with van der Waals surface area (Å²) >= 11 is 0. The van der Waals surface area contributed by atoms with Crippen molar-refractivity contribution < 1.29 is 23.8 Å². The lowest BCUT2D eigenvalue weighted by molar-refractivity contribution is -0.126. The van der Waals surface area contributed by atoms with Gasteiger partial charge in [0.05, 0.1) is 38.0 Å². The fourth-order valence-electron chi connectivity index (χ4n) is 4.89. The Hall–Kier alpha value is -3.10. The van der Waals surface area contributed by atoms with E-state index in [0.29, 0.717) is 30.3 Å². The van der Waals surface area contributed by atoms with Crippen LogP contribution in [-0.2, 0) is 27.4 Å². The lowest BCUT2D eigenvalue weighted by atomic mass is 10.1. The Morgan fingerprint density at radius 2 is 1.69 bits per heavy atom. The zero-order chi connectivity index (χ0) is 24.9. The van der Waals surface area contributed by atoms with Gasteiger partial charge in [-0.2, -0.15) is 0 Å². The molecule has 0 spiro atoms. The van der Waals surface area contributed by atoms with Crippen LogP contribution in [-0.4, -0.2) is 62.8 Å². The van der Waals surface area contributed by atoms with Crippen molar-refractivity contribution in [1.29, 1.82) is 0 Å². The Morgan fingerprint density at radius 1 is 1.00 bits per heavy atom. The van der Waals surface area contributed by atoms with Crippen molar-refractivity contribution in [2.24, 2.45) is 5.92 Å². The van der Waals surface area contributed by atoms with Gasteiger partial charge in [0, 0.05) is 45.2 Å². The van der Waals surface area contributed by atoms with Crippen LogP contribution in [0.4, 0.5) is 5.69 Å². The minimum absolute atomic E-state index is 0.104. The highest BCUT2D eigenvalue weighted by Gasteiger charge is 2.36. The lowest BCUT2D eigenvalue weighted by Gasteiger charge is -2.35. The number of benzene rings is 2. The molecule has 3 atom stereocenters. The summed E-state index contributed by atoms with van der Waals surface area (Å²) in [6, 6.07) is 13.6. The Balaban J connectivity index is 1.31. The van der Waals surface area contributed by atoms with Crippen molar-refractivity contribution in [3.8, 4) is 11.5 Å². The number of methoxy groups -OCH3 is 2. The molecule has 4 rings (SSSR count). The molecule has 2 saturated heterocycles. The maximum Gasteiger partial charge on any atom is 0.227 e. The molecule has 35 heavy (non-hydrogen) atoms. The standard InChI is InChI=1S/C27H35N3O5/c1-18-14-29(15-19(2)35-18)16-21-7-5-20(6-8-21)13-28-27(32)22-11-26(31)30(17-22)24-12-23(33-3)9-10-25(24)34-4/h5-10,12,18-19,22H,11,13-17H2,1-4H3,(H,28,32). The van der Waals surface area contributed by atoms with E-state index in [0.717, 1.165) is 25.2 Å². The fraction of sp³-hybridized carbons (Fsp3) is 0.481. The lowest BCUT2D eigenvalue weighted by Crippen LogP contribution is -2.44. The van der Waals surface area contributed by atoms with Crippen LogP contribution < -0.4 is 19.7 Å². The summed E-state index contributed by atoms with van der Waals surface area (Å²) < 4.78 is 16.5. The van der Waals surface area contributed by atoms with Crippen molar-refractivity contribution in [2.75, 3.05) is 38.8 Å². The molecule has 2 aromatic rings. The average Bonchev–Trinajstić information content (AvgIpc) is 3.23. The van der Waals surface area contributed by atoms with E-state index >= 15 is 0 Å². The molecule has 2 heterocycles. The van der Waals surface area contributed by atoms with Crippen LogP contribution in [0.3, 0.4) is 0 Å². The zero-order valence-electron chi connectivity index (χ0n) is 21.0. The molecule has 2 amide bonds. The van der Waals surface area contributed by atoms with Crippen molar-refractivity contribution in [3.05, 3.63) is 53.6 Å². The van der Waals surface area contributed by atoms with E-state index in [1.807, 2.05) is 0 Å². The number of amides is 2. The molecule has 0 radical (unpaired) electrons. The largest absolute Gasteiger partial charge is 0.497 e. The van der Waals surface area contributed by atoms with Gasteiger partial charge in [-0.05, 0) is 37.1 Å². The number of nitrogens with one attached hydrogen (secondary N) is 1. The number of hydrogen-bond acceptors (Lipinski definition) is 6. The second-order valence-corrected chi connectivity index (χ2v) is 9.43. The van der Waals surface area contributed by atoms with E-state index in [-0.39, 0.29) is 30.4 Å². The SMILES string of the molecule is COc1ccc(OC)c(N2CC(C(=O)NCc3ccc(CN4CC(C)OC(C)C4)cc3)CC2=O)c1. The molecule has 1 N–H and O–H groups in total. The van der Waals surface area contributed by atoms with Gasteiger partial charge in [-0.25, -0.2) is 0 Å².